The molecule has 0 heterocycles. The van der Waals surface area contributed by atoms with Crippen molar-refractivity contribution in [2.45, 2.75) is 19.9 Å². The van der Waals surface area contributed by atoms with Gasteiger partial charge < -0.3 is 10.1 Å². The molecule has 0 fully saturated rings. The van der Waals surface area contributed by atoms with E-state index in [-0.39, 0.29) is 5.82 Å². The van der Waals surface area contributed by atoms with Crippen LogP contribution in [0.3, 0.4) is 0 Å². The van der Waals surface area contributed by atoms with Crippen LogP contribution in [0.4, 0.5) is 10.1 Å². The van der Waals surface area contributed by atoms with Crippen molar-refractivity contribution in [1.82, 2.24) is 0 Å². The Hall–Kier alpha value is -2.54. The van der Waals surface area contributed by atoms with E-state index in [1.165, 1.54) is 12.1 Å². The number of halogens is 1. The standard InChI is InChI=1S/C17H17FN2O/c1-3-21-16-6-4-13(5-7-16)17(11-19)20-15-9-12(2)8-14(18)10-15/h4-10,17,20H,3H2,1-2H3. The minimum absolute atomic E-state index is 0.319. The van der Waals surface area contributed by atoms with E-state index in [4.69, 9.17) is 4.74 Å². The number of hydrogen-bond donors (Lipinski definition) is 1. The van der Waals surface area contributed by atoms with Gasteiger partial charge in [-0.1, -0.05) is 12.1 Å². The van der Waals surface area contributed by atoms with Crippen molar-refractivity contribution >= 4 is 5.69 Å². The molecule has 0 spiro atoms. The van der Waals surface area contributed by atoms with Gasteiger partial charge in [-0.3, -0.25) is 0 Å². The first-order valence-corrected chi connectivity index (χ1v) is 6.78. The van der Waals surface area contributed by atoms with Crippen molar-refractivity contribution in [3.05, 3.63) is 59.4 Å². The first-order chi connectivity index (χ1) is 10.1. The van der Waals surface area contributed by atoms with E-state index in [0.717, 1.165) is 16.9 Å². The van der Waals surface area contributed by atoms with Crippen LogP contribution >= 0.6 is 0 Å². The maximum Gasteiger partial charge on any atom is 0.140 e. The van der Waals surface area contributed by atoms with Gasteiger partial charge in [-0.25, -0.2) is 4.39 Å². The molecule has 108 valence electrons. The predicted octanol–water partition coefficient (Wildman–Crippen LogP) is 4.21. The molecule has 0 saturated carbocycles. The van der Waals surface area contributed by atoms with Gasteiger partial charge in [-0.05, 0) is 55.3 Å². The minimum atomic E-state index is -0.540. The number of nitriles is 1. The number of aryl methyl sites for hydroxylation is 1. The molecule has 2 rings (SSSR count). The molecule has 1 atom stereocenters. The summed E-state index contributed by atoms with van der Waals surface area (Å²) in [4.78, 5) is 0. The molecule has 0 aliphatic rings. The molecule has 2 aromatic rings. The smallest absolute Gasteiger partial charge is 0.140 e. The van der Waals surface area contributed by atoms with Crippen LogP contribution in [-0.2, 0) is 0 Å². The highest BCUT2D eigenvalue weighted by Crippen LogP contribution is 2.23. The van der Waals surface area contributed by atoms with Crippen LogP contribution in [0.5, 0.6) is 5.75 Å². The summed E-state index contributed by atoms with van der Waals surface area (Å²) in [7, 11) is 0. The molecule has 3 nitrogen and oxygen atoms in total. The van der Waals surface area contributed by atoms with Crippen molar-refractivity contribution < 1.29 is 9.13 Å². The third-order valence-corrected chi connectivity index (χ3v) is 3.01. The summed E-state index contributed by atoms with van der Waals surface area (Å²) >= 11 is 0. The molecule has 21 heavy (non-hydrogen) atoms. The Balaban J connectivity index is 2.17. The fourth-order valence-electron chi connectivity index (χ4n) is 2.10. The molecule has 0 aliphatic carbocycles. The lowest BCUT2D eigenvalue weighted by Gasteiger charge is -2.14. The summed E-state index contributed by atoms with van der Waals surface area (Å²) in [6, 6.07) is 13.6. The van der Waals surface area contributed by atoms with Crippen LogP contribution < -0.4 is 10.1 Å². The van der Waals surface area contributed by atoms with Gasteiger partial charge in [0.05, 0.1) is 12.7 Å². The Morgan fingerprint density at radius 2 is 1.95 bits per heavy atom. The van der Waals surface area contributed by atoms with Gasteiger partial charge in [-0.15, -0.1) is 0 Å². The maximum atomic E-state index is 13.4. The Kier molecular flexibility index (Phi) is 4.78. The number of benzene rings is 2. The van der Waals surface area contributed by atoms with Gasteiger partial charge in [-0.2, -0.15) is 5.26 Å². The van der Waals surface area contributed by atoms with Crippen molar-refractivity contribution in [3.63, 3.8) is 0 Å². The van der Waals surface area contributed by atoms with E-state index in [2.05, 4.69) is 11.4 Å². The predicted molar refractivity (Wildman–Crippen MR) is 80.7 cm³/mol. The molecule has 0 aliphatic heterocycles. The van der Waals surface area contributed by atoms with Gasteiger partial charge in [0.15, 0.2) is 0 Å². The van der Waals surface area contributed by atoms with Crippen LogP contribution in [0.25, 0.3) is 0 Å². The number of hydrogen-bond acceptors (Lipinski definition) is 3. The van der Waals surface area contributed by atoms with Crippen molar-refractivity contribution in [3.8, 4) is 11.8 Å². The lowest BCUT2D eigenvalue weighted by molar-refractivity contribution is 0.340. The Labute approximate surface area is 124 Å². The number of anilines is 1. The maximum absolute atomic E-state index is 13.4. The first-order valence-electron chi connectivity index (χ1n) is 6.78. The normalized spacial score (nSPS) is 11.5. The summed E-state index contributed by atoms with van der Waals surface area (Å²) < 4.78 is 18.8. The SMILES string of the molecule is CCOc1ccc(C(C#N)Nc2cc(C)cc(F)c2)cc1. The third kappa shape index (κ3) is 3.96. The lowest BCUT2D eigenvalue weighted by Crippen LogP contribution is -2.08. The molecule has 4 heteroatoms. The van der Waals surface area contributed by atoms with Crippen molar-refractivity contribution in [2.75, 3.05) is 11.9 Å². The summed E-state index contributed by atoms with van der Waals surface area (Å²) in [5.41, 5.74) is 2.21. The van der Waals surface area contributed by atoms with Gasteiger partial charge in [0, 0.05) is 5.69 Å². The minimum Gasteiger partial charge on any atom is -0.494 e. The van der Waals surface area contributed by atoms with Gasteiger partial charge in [0.25, 0.3) is 0 Å². The Bertz CT molecular complexity index is 627. The molecule has 2 aromatic carbocycles. The highest BCUT2D eigenvalue weighted by atomic mass is 19.1. The first kappa shape index (κ1) is 14.9. The number of rotatable bonds is 5. The number of nitrogens with zero attached hydrogens (tertiary/aromatic N) is 1. The van der Waals surface area contributed by atoms with Crippen LogP contribution in [-0.4, -0.2) is 6.61 Å². The van der Waals surface area contributed by atoms with Gasteiger partial charge >= 0.3 is 0 Å². The second kappa shape index (κ2) is 6.76. The summed E-state index contributed by atoms with van der Waals surface area (Å²) in [5.74, 6) is 0.445. The van der Waals surface area contributed by atoms with Gasteiger partial charge in [0.1, 0.15) is 17.6 Å². The van der Waals surface area contributed by atoms with E-state index < -0.39 is 6.04 Å². The summed E-state index contributed by atoms with van der Waals surface area (Å²) in [6.07, 6.45) is 0. The van der Waals surface area contributed by atoms with Crippen LogP contribution in [0.15, 0.2) is 42.5 Å². The van der Waals surface area contributed by atoms with Crippen LogP contribution in [0, 0.1) is 24.1 Å². The largest absolute Gasteiger partial charge is 0.494 e. The van der Waals surface area contributed by atoms with E-state index in [9.17, 15) is 9.65 Å². The average molecular weight is 284 g/mol. The molecule has 0 radical (unpaired) electrons. The lowest BCUT2D eigenvalue weighted by atomic mass is 10.1. The zero-order valence-corrected chi connectivity index (χ0v) is 12.1. The summed E-state index contributed by atoms with van der Waals surface area (Å²) in [6.45, 7) is 4.33. The molecule has 0 bridgehead atoms. The van der Waals surface area contributed by atoms with Crippen molar-refractivity contribution in [2.24, 2.45) is 0 Å². The zero-order valence-electron chi connectivity index (χ0n) is 12.1. The monoisotopic (exact) mass is 284 g/mol. The molecular weight excluding hydrogens is 267 g/mol. The van der Waals surface area contributed by atoms with Crippen LogP contribution in [0.1, 0.15) is 24.1 Å². The average Bonchev–Trinajstić information content (AvgIpc) is 2.45. The van der Waals surface area contributed by atoms with E-state index >= 15 is 0 Å². The van der Waals surface area contributed by atoms with E-state index in [1.54, 1.807) is 0 Å². The molecular formula is C17H17FN2O. The molecule has 1 unspecified atom stereocenters. The Morgan fingerprint density at radius 3 is 2.52 bits per heavy atom. The fourth-order valence-corrected chi connectivity index (χ4v) is 2.10. The highest BCUT2D eigenvalue weighted by molar-refractivity contribution is 5.50. The topological polar surface area (TPSA) is 45.0 Å². The Morgan fingerprint density at radius 1 is 1.24 bits per heavy atom. The van der Waals surface area contributed by atoms with Crippen molar-refractivity contribution in [1.29, 1.82) is 5.26 Å². The third-order valence-electron chi connectivity index (χ3n) is 3.01. The molecule has 0 aromatic heterocycles. The molecule has 0 amide bonds. The van der Waals surface area contributed by atoms with E-state index in [1.807, 2.05) is 44.2 Å². The van der Waals surface area contributed by atoms with Gasteiger partial charge in [0.2, 0.25) is 0 Å². The number of nitrogens with one attached hydrogen (secondary N) is 1. The highest BCUT2D eigenvalue weighted by Gasteiger charge is 2.11. The van der Waals surface area contributed by atoms with E-state index in [0.29, 0.717) is 12.3 Å². The molecule has 1 N–H and O–H groups in total. The summed E-state index contributed by atoms with van der Waals surface area (Å²) in [5, 5.41) is 12.4. The fraction of sp³-hybridized carbons (Fsp3) is 0.235. The second-order valence-corrected chi connectivity index (χ2v) is 4.73. The van der Waals surface area contributed by atoms with Crippen LogP contribution in [0.2, 0.25) is 0 Å². The second-order valence-electron chi connectivity index (χ2n) is 4.73. The molecule has 0 saturated heterocycles. The zero-order chi connectivity index (χ0) is 15.2. The number of ether oxygens (including phenoxy) is 1. The quantitative estimate of drug-likeness (QED) is 0.894.